The Morgan fingerprint density at radius 1 is 1.26 bits per heavy atom. The van der Waals surface area contributed by atoms with Crippen LogP contribution in [-0.4, -0.2) is 17.5 Å². The maximum atomic E-state index is 12.3. The normalized spacial score (nSPS) is 10.7. The molecule has 0 radical (unpaired) electrons. The summed E-state index contributed by atoms with van der Waals surface area (Å²) in [6, 6.07) is 10.4. The van der Waals surface area contributed by atoms with Gasteiger partial charge in [0.15, 0.2) is 5.13 Å². The molecule has 23 heavy (non-hydrogen) atoms. The average molecular weight is 367 g/mol. The van der Waals surface area contributed by atoms with E-state index >= 15 is 0 Å². The molecule has 0 aliphatic rings. The van der Waals surface area contributed by atoms with Crippen LogP contribution < -0.4 is 10.1 Å². The summed E-state index contributed by atoms with van der Waals surface area (Å²) >= 11 is 13.3. The van der Waals surface area contributed by atoms with Crippen LogP contribution in [0.3, 0.4) is 0 Å². The van der Waals surface area contributed by atoms with Gasteiger partial charge < -0.3 is 4.74 Å². The van der Waals surface area contributed by atoms with Crippen molar-refractivity contribution in [2.45, 2.75) is 6.92 Å². The molecule has 0 unspecified atom stereocenters. The van der Waals surface area contributed by atoms with Crippen LogP contribution in [0.2, 0.25) is 10.0 Å². The molecule has 0 saturated carbocycles. The molecule has 3 aromatic rings. The number of rotatable bonds is 4. The molecule has 1 N–H and O–H groups in total. The monoisotopic (exact) mass is 366 g/mol. The number of hydrogen-bond acceptors (Lipinski definition) is 4. The first-order chi connectivity index (χ1) is 11.1. The number of nitrogens with zero attached hydrogens (tertiary/aromatic N) is 1. The van der Waals surface area contributed by atoms with Gasteiger partial charge in [-0.25, -0.2) is 4.98 Å². The van der Waals surface area contributed by atoms with Gasteiger partial charge in [-0.2, -0.15) is 0 Å². The van der Waals surface area contributed by atoms with Gasteiger partial charge in [-0.05, 0) is 43.3 Å². The highest BCUT2D eigenvalue weighted by Gasteiger charge is 2.13. The third-order valence-electron chi connectivity index (χ3n) is 3.07. The Bertz CT molecular complexity index is 880. The Balaban J connectivity index is 1.84. The lowest BCUT2D eigenvalue weighted by Gasteiger charge is -2.04. The van der Waals surface area contributed by atoms with Crippen molar-refractivity contribution in [2.75, 3.05) is 11.9 Å². The van der Waals surface area contributed by atoms with E-state index in [1.807, 2.05) is 25.1 Å². The van der Waals surface area contributed by atoms with Gasteiger partial charge in [0.1, 0.15) is 5.75 Å². The molecule has 2 aromatic carbocycles. The second-order valence-corrected chi connectivity index (χ2v) is 6.53. The Labute approximate surface area is 147 Å². The van der Waals surface area contributed by atoms with Crippen LogP contribution in [0.15, 0.2) is 36.4 Å². The van der Waals surface area contributed by atoms with E-state index in [-0.39, 0.29) is 5.91 Å². The van der Waals surface area contributed by atoms with Crippen LogP contribution in [-0.2, 0) is 0 Å². The highest BCUT2D eigenvalue weighted by atomic mass is 35.5. The topological polar surface area (TPSA) is 51.2 Å². The Kier molecular flexibility index (Phi) is 4.71. The maximum absolute atomic E-state index is 12.3. The number of benzene rings is 2. The van der Waals surface area contributed by atoms with Crippen molar-refractivity contribution < 1.29 is 9.53 Å². The molecule has 1 amide bonds. The number of hydrogen-bond donors (Lipinski definition) is 1. The van der Waals surface area contributed by atoms with Gasteiger partial charge in [-0.15, -0.1) is 0 Å². The Morgan fingerprint density at radius 2 is 2.09 bits per heavy atom. The van der Waals surface area contributed by atoms with Crippen molar-refractivity contribution in [1.29, 1.82) is 0 Å². The lowest BCUT2D eigenvalue weighted by atomic mass is 10.2. The first-order valence-corrected chi connectivity index (χ1v) is 8.44. The quantitative estimate of drug-likeness (QED) is 0.685. The number of halogens is 2. The summed E-state index contributed by atoms with van der Waals surface area (Å²) in [4.78, 5) is 16.7. The SMILES string of the molecule is CCOc1ccc2nc(NC(=O)c3ccc(Cl)cc3Cl)sc2c1. The molecule has 1 heterocycles. The van der Waals surface area contributed by atoms with Gasteiger partial charge in [0.25, 0.3) is 5.91 Å². The van der Waals surface area contributed by atoms with Crippen LogP contribution >= 0.6 is 34.5 Å². The summed E-state index contributed by atoms with van der Waals surface area (Å²) < 4.78 is 6.40. The second kappa shape index (κ2) is 6.74. The summed E-state index contributed by atoms with van der Waals surface area (Å²) in [7, 11) is 0. The largest absolute Gasteiger partial charge is 0.494 e. The van der Waals surface area contributed by atoms with Crippen molar-refractivity contribution in [2.24, 2.45) is 0 Å². The number of carbonyl (C=O) groups excluding carboxylic acids is 1. The van der Waals surface area contributed by atoms with Crippen LogP contribution in [0.1, 0.15) is 17.3 Å². The highest BCUT2D eigenvalue weighted by molar-refractivity contribution is 7.22. The second-order valence-electron chi connectivity index (χ2n) is 4.66. The summed E-state index contributed by atoms with van der Waals surface area (Å²) in [5.74, 6) is 0.457. The van der Waals surface area contributed by atoms with Gasteiger partial charge >= 0.3 is 0 Å². The van der Waals surface area contributed by atoms with Crippen molar-refractivity contribution in [3.05, 3.63) is 52.0 Å². The van der Waals surface area contributed by atoms with E-state index in [4.69, 9.17) is 27.9 Å². The van der Waals surface area contributed by atoms with Crippen molar-refractivity contribution in [3.63, 3.8) is 0 Å². The molecule has 7 heteroatoms. The Morgan fingerprint density at radius 3 is 2.83 bits per heavy atom. The third-order valence-corrected chi connectivity index (χ3v) is 4.55. The molecular weight excluding hydrogens is 355 g/mol. The number of fused-ring (bicyclic) bond motifs is 1. The van der Waals surface area contributed by atoms with E-state index in [2.05, 4.69) is 10.3 Å². The minimum absolute atomic E-state index is 0.301. The van der Waals surface area contributed by atoms with E-state index in [9.17, 15) is 4.79 Å². The third kappa shape index (κ3) is 3.58. The molecule has 0 aliphatic carbocycles. The van der Waals surface area contributed by atoms with Gasteiger partial charge in [-0.3, -0.25) is 10.1 Å². The molecule has 0 aliphatic heterocycles. The molecule has 0 saturated heterocycles. The fourth-order valence-corrected chi connectivity index (χ4v) is 3.44. The average Bonchev–Trinajstić information content (AvgIpc) is 2.88. The predicted molar refractivity (Wildman–Crippen MR) is 95.2 cm³/mol. The van der Waals surface area contributed by atoms with E-state index in [0.717, 1.165) is 16.0 Å². The van der Waals surface area contributed by atoms with Crippen LogP contribution in [0.5, 0.6) is 5.75 Å². The van der Waals surface area contributed by atoms with E-state index in [1.54, 1.807) is 12.1 Å². The number of anilines is 1. The van der Waals surface area contributed by atoms with E-state index in [1.165, 1.54) is 17.4 Å². The maximum Gasteiger partial charge on any atom is 0.258 e. The molecule has 4 nitrogen and oxygen atoms in total. The summed E-state index contributed by atoms with van der Waals surface area (Å²) in [5.41, 5.74) is 1.15. The smallest absolute Gasteiger partial charge is 0.258 e. The number of aromatic nitrogens is 1. The molecule has 0 atom stereocenters. The molecule has 0 bridgehead atoms. The fourth-order valence-electron chi connectivity index (χ4n) is 2.05. The summed E-state index contributed by atoms with van der Waals surface area (Å²) in [6.45, 7) is 2.53. The molecule has 3 rings (SSSR count). The lowest BCUT2D eigenvalue weighted by molar-refractivity contribution is 0.102. The van der Waals surface area contributed by atoms with Gasteiger partial charge in [0, 0.05) is 5.02 Å². The van der Waals surface area contributed by atoms with Gasteiger partial charge in [0.05, 0.1) is 27.4 Å². The zero-order valence-corrected chi connectivity index (χ0v) is 14.4. The molecular formula is C16H12Cl2N2O2S. The minimum atomic E-state index is -0.323. The van der Waals surface area contributed by atoms with Crippen LogP contribution in [0.4, 0.5) is 5.13 Å². The number of nitrogens with one attached hydrogen (secondary N) is 1. The molecule has 1 aromatic heterocycles. The van der Waals surface area contributed by atoms with E-state index in [0.29, 0.717) is 27.3 Å². The Hall–Kier alpha value is -1.82. The highest BCUT2D eigenvalue weighted by Crippen LogP contribution is 2.30. The number of ether oxygens (including phenoxy) is 1. The fraction of sp³-hybridized carbons (Fsp3) is 0.125. The lowest BCUT2D eigenvalue weighted by Crippen LogP contribution is -2.12. The zero-order chi connectivity index (χ0) is 16.4. The first-order valence-electron chi connectivity index (χ1n) is 6.86. The molecule has 0 fully saturated rings. The minimum Gasteiger partial charge on any atom is -0.494 e. The van der Waals surface area contributed by atoms with Crippen LogP contribution in [0, 0.1) is 0 Å². The predicted octanol–water partition coefficient (Wildman–Crippen LogP) is 5.25. The summed E-state index contributed by atoms with van der Waals surface area (Å²) in [6.07, 6.45) is 0. The van der Waals surface area contributed by atoms with E-state index < -0.39 is 0 Å². The number of thiazole rings is 1. The molecule has 0 spiro atoms. The number of amides is 1. The van der Waals surface area contributed by atoms with Crippen LogP contribution in [0.25, 0.3) is 10.2 Å². The van der Waals surface area contributed by atoms with Gasteiger partial charge in [-0.1, -0.05) is 34.5 Å². The standard InChI is InChI=1S/C16H12Cl2N2O2S/c1-2-22-10-4-6-13-14(8-10)23-16(19-13)20-15(21)11-5-3-9(17)7-12(11)18/h3-8H,2H2,1H3,(H,19,20,21). The van der Waals surface area contributed by atoms with Crippen molar-refractivity contribution >= 4 is 55.8 Å². The zero-order valence-electron chi connectivity index (χ0n) is 12.1. The first kappa shape index (κ1) is 16.1. The van der Waals surface area contributed by atoms with Crippen molar-refractivity contribution in [3.8, 4) is 5.75 Å². The molecule has 118 valence electrons. The number of carbonyl (C=O) groups is 1. The summed E-state index contributed by atoms with van der Waals surface area (Å²) in [5, 5.41) is 4.05. The van der Waals surface area contributed by atoms with Gasteiger partial charge in [0.2, 0.25) is 0 Å². The van der Waals surface area contributed by atoms with Crippen molar-refractivity contribution in [1.82, 2.24) is 4.98 Å².